The van der Waals surface area contributed by atoms with Crippen LogP contribution in [0, 0.1) is 0 Å². The van der Waals surface area contributed by atoms with Gasteiger partial charge in [-0.2, -0.15) is 0 Å². The highest BCUT2D eigenvalue weighted by atomic mass is 32.2. The number of carboxylic acids is 1. The van der Waals surface area contributed by atoms with Crippen molar-refractivity contribution in [3.05, 3.63) is 0 Å². The Morgan fingerprint density at radius 3 is 2.76 bits per heavy atom. The van der Waals surface area contributed by atoms with Crippen LogP contribution in [0.1, 0.15) is 19.3 Å². The second kappa shape index (κ2) is 5.46. The van der Waals surface area contributed by atoms with Crippen LogP contribution in [0.5, 0.6) is 0 Å². The Hall–Kier alpha value is -1.15. The third-order valence-corrected chi connectivity index (χ3v) is 3.99. The summed E-state index contributed by atoms with van der Waals surface area (Å²) in [5, 5.41) is 8.41. The van der Waals surface area contributed by atoms with Gasteiger partial charge in [0.05, 0.1) is 12.2 Å². The van der Waals surface area contributed by atoms with Gasteiger partial charge in [-0.15, -0.1) is 0 Å². The number of carboxylic acid groups (broad SMARTS) is 1. The van der Waals surface area contributed by atoms with Gasteiger partial charge in [-0.25, -0.2) is 13.1 Å². The average Bonchev–Trinajstić information content (AvgIpc) is 2.21. The Labute approximate surface area is 99.8 Å². The number of nitrogens with one attached hydrogen (secondary N) is 1. The minimum Gasteiger partial charge on any atom is -0.481 e. The van der Waals surface area contributed by atoms with E-state index in [-0.39, 0.29) is 11.9 Å². The number of amides is 1. The lowest BCUT2D eigenvalue weighted by atomic mass is 10.1. The molecule has 0 aromatic heterocycles. The van der Waals surface area contributed by atoms with Crippen LogP contribution in [0.25, 0.3) is 0 Å². The van der Waals surface area contributed by atoms with Crippen molar-refractivity contribution < 1.29 is 23.1 Å². The number of piperidine rings is 1. The molecule has 1 unspecified atom stereocenters. The van der Waals surface area contributed by atoms with E-state index in [1.165, 1.54) is 4.90 Å². The number of hydrogen-bond donors (Lipinski definition) is 2. The number of rotatable bonds is 5. The summed E-state index contributed by atoms with van der Waals surface area (Å²) in [5.41, 5.74) is 0. The number of sulfonamides is 1. The molecular weight excluding hydrogens is 248 g/mol. The molecule has 17 heavy (non-hydrogen) atoms. The molecule has 1 fully saturated rings. The monoisotopic (exact) mass is 264 g/mol. The number of carbonyl (C=O) groups excluding carboxylic acids is 1. The number of hydrogen-bond acceptors (Lipinski definition) is 4. The number of aliphatic carboxylic acids is 1. The van der Waals surface area contributed by atoms with Crippen molar-refractivity contribution in [1.29, 1.82) is 0 Å². The van der Waals surface area contributed by atoms with Crippen LogP contribution >= 0.6 is 0 Å². The maximum atomic E-state index is 11.5. The third kappa shape index (κ3) is 4.70. The summed E-state index contributed by atoms with van der Waals surface area (Å²) in [7, 11) is -1.97. The SMILES string of the molecule is CN1CC(NS(=O)(=O)CCC(=O)O)CCC1=O. The van der Waals surface area contributed by atoms with E-state index in [2.05, 4.69) is 4.72 Å². The molecule has 0 aromatic carbocycles. The van der Waals surface area contributed by atoms with Crippen LogP contribution in [0.15, 0.2) is 0 Å². The smallest absolute Gasteiger partial charge is 0.304 e. The molecule has 0 spiro atoms. The van der Waals surface area contributed by atoms with Gasteiger partial charge in [-0.3, -0.25) is 9.59 Å². The molecule has 2 N–H and O–H groups in total. The molecule has 8 heteroatoms. The zero-order valence-corrected chi connectivity index (χ0v) is 10.4. The second-order valence-electron chi connectivity index (χ2n) is 4.09. The maximum Gasteiger partial charge on any atom is 0.304 e. The van der Waals surface area contributed by atoms with E-state index in [1.807, 2.05) is 0 Å². The van der Waals surface area contributed by atoms with E-state index in [0.29, 0.717) is 19.4 Å². The molecule has 0 aromatic rings. The van der Waals surface area contributed by atoms with Crippen molar-refractivity contribution in [3.8, 4) is 0 Å². The molecule has 0 bridgehead atoms. The van der Waals surface area contributed by atoms with Gasteiger partial charge in [0.15, 0.2) is 0 Å². The van der Waals surface area contributed by atoms with Gasteiger partial charge in [0.25, 0.3) is 0 Å². The molecule has 1 saturated heterocycles. The topological polar surface area (TPSA) is 104 Å². The largest absolute Gasteiger partial charge is 0.481 e. The molecule has 1 atom stereocenters. The number of likely N-dealkylation sites (N-methyl/N-ethyl adjacent to an activating group) is 1. The van der Waals surface area contributed by atoms with E-state index in [9.17, 15) is 18.0 Å². The lowest BCUT2D eigenvalue weighted by molar-refractivity contribution is -0.136. The maximum absolute atomic E-state index is 11.5. The molecule has 1 amide bonds. The molecular formula is C9H16N2O5S. The highest BCUT2D eigenvalue weighted by molar-refractivity contribution is 7.89. The number of nitrogens with zero attached hydrogens (tertiary/aromatic N) is 1. The predicted molar refractivity (Wildman–Crippen MR) is 59.8 cm³/mol. The van der Waals surface area contributed by atoms with Crippen molar-refractivity contribution in [2.75, 3.05) is 19.3 Å². The van der Waals surface area contributed by atoms with Crippen molar-refractivity contribution in [3.63, 3.8) is 0 Å². The second-order valence-corrected chi connectivity index (χ2v) is 5.96. The van der Waals surface area contributed by atoms with Crippen molar-refractivity contribution >= 4 is 21.9 Å². The third-order valence-electron chi connectivity index (χ3n) is 2.56. The standard InChI is InChI=1S/C9H16N2O5S/c1-11-6-7(2-3-8(11)12)10-17(15,16)5-4-9(13)14/h7,10H,2-6H2,1H3,(H,13,14). The van der Waals surface area contributed by atoms with E-state index in [1.54, 1.807) is 7.05 Å². The molecule has 7 nitrogen and oxygen atoms in total. The zero-order chi connectivity index (χ0) is 13.1. The first kappa shape index (κ1) is 13.9. The number of likely N-dealkylation sites (tertiary alicyclic amines) is 1. The summed E-state index contributed by atoms with van der Waals surface area (Å²) in [6.07, 6.45) is 0.342. The van der Waals surface area contributed by atoms with Crippen LogP contribution in [-0.2, 0) is 19.6 Å². The van der Waals surface area contributed by atoms with E-state index in [4.69, 9.17) is 5.11 Å². The Morgan fingerprint density at radius 1 is 1.59 bits per heavy atom. The van der Waals surface area contributed by atoms with Crippen LogP contribution in [-0.4, -0.2) is 55.7 Å². The molecule has 98 valence electrons. The Bertz CT molecular complexity index is 406. The van der Waals surface area contributed by atoms with Crippen molar-refractivity contribution in [2.24, 2.45) is 0 Å². The normalized spacial score (nSPS) is 21.6. The summed E-state index contributed by atoms with van der Waals surface area (Å²) in [6, 6.07) is -0.323. The first-order chi connectivity index (χ1) is 7.80. The average molecular weight is 264 g/mol. The van der Waals surface area contributed by atoms with Gasteiger partial charge < -0.3 is 10.0 Å². The van der Waals surface area contributed by atoms with Crippen LogP contribution in [0.4, 0.5) is 0 Å². The predicted octanol–water partition coefficient (Wildman–Crippen LogP) is -0.999. The van der Waals surface area contributed by atoms with Crippen LogP contribution < -0.4 is 4.72 Å². The Balaban J connectivity index is 2.48. The van der Waals surface area contributed by atoms with Crippen molar-refractivity contribution in [1.82, 2.24) is 9.62 Å². The molecule has 0 aliphatic carbocycles. The van der Waals surface area contributed by atoms with Gasteiger partial charge in [0.2, 0.25) is 15.9 Å². The lowest BCUT2D eigenvalue weighted by Gasteiger charge is -2.29. The fraction of sp³-hybridized carbons (Fsp3) is 0.778. The highest BCUT2D eigenvalue weighted by Gasteiger charge is 2.26. The molecule has 1 aliphatic heterocycles. The van der Waals surface area contributed by atoms with E-state index < -0.39 is 28.2 Å². The summed E-state index contributed by atoms with van der Waals surface area (Å²) in [4.78, 5) is 22.9. The number of carbonyl (C=O) groups is 2. The Morgan fingerprint density at radius 2 is 2.24 bits per heavy atom. The molecule has 0 saturated carbocycles. The molecule has 0 radical (unpaired) electrons. The van der Waals surface area contributed by atoms with Gasteiger partial charge >= 0.3 is 5.97 Å². The lowest BCUT2D eigenvalue weighted by Crippen LogP contribution is -2.48. The summed E-state index contributed by atoms with van der Waals surface area (Å²) in [5.74, 6) is -1.59. The minimum absolute atomic E-state index is 0.00835. The van der Waals surface area contributed by atoms with Gasteiger partial charge in [-0.05, 0) is 6.42 Å². The van der Waals surface area contributed by atoms with E-state index >= 15 is 0 Å². The summed E-state index contributed by atoms with van der Waals surface area (Å²) < 4.78 is 25.4. The van der Waals surface area contributed by atoms with Gasteiger partial charge in [0, 0.05) is 26.1 Å². The van der Waals surface area contributed by atoms with E-state index in [0.717, 1.165) is 0 Å². The summed E-state index contributed by atoms with van der Waals surface area (Å²) in [6.45, 7) is 0.325. The minimum atomic E-state index is -3.59. The first-order valence-electron chi connectivity index (χ1n) is 5.26. The quantitative estimate of drug-likeness (QED) is 0.663. The molecule has 1 rings (SSSR count). The Kier molecular flexibility index (Phi) is 4.47. The van der Waals surface area contributed by atoms with Crippen LogP contribution in [0.3, 0.4) is 0 Å². The van der Waals surface area contributed by atoms with Gasteiger partial charge in [-0.1, -0.05) is 0 Å². The zero-order valence-electron chi connectivity index (χ0n) is 9.55. The van der Waals surface area contributed by atoms with Crippen LogP contribution in [0.2, 0.25) is 0 Å². The first-order valence-corrected chi connectivity index (χ1v) is 6.91. The fourth-order valence-corrected chi connectivity index (χ4v) is 2.90. The fourth-order valence-electron chi connectivity index (χ4n) is 1.64. The molecule has 1 aliphatic rings. The highest BCUT2D eigenvalue weighted by Crippen LogP contribution is 2.10. The molecule has 1 heterocycles. The summed E-state index contributed by atoms with van der Waals surface area (Å²) >= 11 is 0. The van der Waals surface area contributed by atoms with Crippen molar-refractivity contribution in [2.45, 2.75) is 25.3 Å². The van der Waals surface area contributed by atoms with Gasteiger partial charge in [0.1, 0.15) is 0 Å².